The number of fused-ring (bicyclic) bond motifs is 1. The van der Waals surface area contributed by atoms with Gasteiger partial charge in [-0.15, -0.1) is 0 Å². The van der Waals surface area contributed by atoms with Gasteiger partial charge < -0.3 is 5.21 Å². The van der Waals surface area contributed by atoms with Gasteiger partial charge in [0.2, 0.25) is 0 Å². The first kappa shape index (κ1) is 10.4. The van der Waals surface area contributed by atoms with Crippen molar-refractivity contribution in [3.8, 4) is 0 Å². The zero-order valence-corrected chi connectivity index (χ0v) is 9.43. The van der Waals surface area contributed by atoms with Gasteiger partial charge in [0.25, 0.3) is 0 Å². The van der Waals surface area contributed by atoms with Gasteiger partial charge in [0.15, 0.2) is 9.84 Å². The molecule has 1 aliphatic rings. The highest BCUT2D eigenvalue weighted by atomic mass is 35.5. The van der Waals surface area contributed by atoms with Crippen molar-refractivity contribution in [1.82, 2.24) is 0 Å². The molecule has 4 nitrogen and oxygen atoms in total. The summed E-state index contributed by atoms with van der Waals surface area (Å²) >= 11 is 5.84. The minimum Gasteiger partial charge on any atom is -0.411 e. The fraction of sp³-hybridized carbons (Fsp3) is 0.222. The van der Waals surface area contributed by atoms with Gasteiger partial charge in [-0.3, -0.25) is 0 Å². The summed E-state index contributed by atoms with van der Waals surface area (Å²) in [4.78, 5) is 0.183. The number of oxime groups is 1. The quantitative estimate of drug-likeness (QED) is 0.558. The first-order valence-corrected chi connectivity index (χ1v) is 6.23. The molecule has 0 fully saturated rings. The molecule has 0 bridgehead atoms. The van der Waals surface area contributed by atoms with Crippen LogP contribution in [0, 0.1) is 6.92 Å². The molecule has 0 unspecified atom stereocenters. The van der Waals surface area contributed by atoms with Crippen molar-refractivity contribution in [3.63, 3.8) is 0 Å². The van der Waals surface area contributed by atoms with E-state index in [-0.39, 0.29) is 16.4 Å². The highest BCUT2D eigenvalue weighted by Crippen LogP contribution is 2.33. The smallest absolute Gasteiger partial charge is 0.185 e. The number of benzene rings is 1. The molecule has 1 aliphatic heterocycles. The molecule has 1 aromatic rings. The Labute approximate surface area is 92.1 Å². The van der Waals surface area contributed by atoms with Crippen molar-refractivity contribution >= 4 is 27.1 Å². The van der Waals surface area contributed by atoms with Crippen LogP contribution in [0.5, 0.6) is 0 Å². The van der Waals surface area contributed by atoms with Crippen molar-refractivity contribution in [3.05, 3.63) is 28.3 Å². The first-order valence-electron chi connectivity index (χ1n) is 4.20. The standard InChI is InChI=1S/C9H8ClNO3S/c1-5-7(10)3-2-6-8(11-12)4-15(13,14)9(5)6/h2-3,12H,4H2,1H3. The molecule has 1 heterocycles. The van der Waals surface area contributed by atoms with Gasteiger partial charge in [-0.1, -0.05) is 22.8 Å². The van der Waals surface area contributed by atoms with Gasteiger partial charge in [0, 0.05) is 10.6 Å². The number of nitrogens with zero attached hydrogens (tertiary/aromatic N) is 1. The van der Waals surface area contributed by atoms with E-state index in [1.54, 1.807) is 19.1 Å². The Morgan fingerprint density at radius 2 is 2.13 bits per heavy atom. The fourth-order valence-corrected chi connectivity index (χ4v) is 3.74. The monoisotopic (exact) mass is 245 g/mol. The first-order chi connectivity index (χ1) is 6.97. The Kier molecular flexibility index (Phi) is 2.24. The van der Waals surface area contributed by atoms with Crippen LogP contribution >= 0.6 is 11.6 Å². The van der Waals surface area contributed by atoms with Gasteiger partial charge in [-0.2, -0.15) is 0 Å². The van der Waals surface area contributed by atoms with Crippen LogP contribution in [0.1, 0.15) is 11.1 Å². The second-order valence-electron chi connectivity index (χ2n) is 3.35. The minimum atomic E-state index is -3.40. The van der Waals surface area contributed by atoms with Crippen molar-refractivity contribution in [2.45, 2.75) is 11.8 Å². The summed E-state index contributed by atoms with van der Waals surface area (Å²) in [5, 5.41) is 12.1. The average molecular weight is 246 g/mol. The lowest BCUT2D eigenvalue weighted by Crippen LogP contribution is -2.05. The van der Waals surface area contributed by atoms with E-state index in [4.69, 9.17) is 16.8 Å². The van der Waals surface area contributed by atoms with Crippen LogP contribution in [-0.2, 0) is 9.84 Å². The van der Waals surface area contributed by atoms with E-state index in [2.05, 4.69) is 5.16 Å². The Morgan fingerprint density at radius 1 is 1.47 bits per heavy atom. The van der Waals surface area contributed by atoms with Crippen LogP contribution in [0.2, 0.25) is 5.02 Å². The molecule has 15 heavy (non-hydrogen) atoms. The third kappa shape index (κ3) is 1.42. The molecule has 0 saturated heterocycles. The molecular weight excluding hydrogens is 238 g/mol. The summed E-state index contributed by atoms with van der Waals surface area (Å²) in [5.74, 6) is -0.264. The summed E-state index contributed by atoms with van der Waals surface area (Å²) in [6, 6.07) is 3.16. The van der Waals surface area contributed by atoms with Crippen molar-refractivity contribution < 1.29 is 13.6 Å². The highest BCUT2D eigenvalue weighted by molar-refractivity contribution is 7.92. The molecule has 0 atom stereocenters. The Morgan fingerprint density at radius 3 is 2.73 bits per heavy atom. The molecule has 0 radical (unpaired) electrons. The zero-order chi connectivity index (χ0) is 11.2. The second-order valence-corrected chi connectivity index (χ2v) is 5.69. The van der Waals surface area contributed by atoms with E-state index in [1.165, 1.54) is 0 Å². The van der Waals surface area contributed by atoms with E-state index < -0.39 is 9.84 Å². The number of halogens is 1. The molecule has 0 spiro atoms. The average Bonchev–Trinajstić information content (AvgIpc) is 2.44. The van der Waals surface area contributed by atoms with Crippen LogP contribution in [-0.4, -0.2) is 25.1 Å². The van der Waals surface area contributed by atoms with E-state index >= 15 is 0 Å². The summed E-state index contributed by atoms with van der Waals surface area (Å²) < 4.78 is 23.5. The van der Waals surface area contributed by atoms with E-state index in [0.29, 0.717) is 16.1 Å². The maximum atomic E-state index is 11.7. The predicted octanol–water partition coefficient (Wildman–Crippen LogP) is 1.61. The van der Waals surface area contributed by atoms with Gasteiger partial charge in [0.05, 0.1) is 4.90 Å². The summed E-state index contributed by atoms with van der Waals surface area (Å²) in [7, 11) is -3.40. The molecule has 0 amide bonds. The fourth-order valence-electron chi connectivity index (χ4n) is 1.71. The maximum Gasteiger partial charge on any atom is 0.185 e. The molecule has 80 valence electrons. The molecule has 1 N–H and O–H groups in total. The van der Waals surface area contributed by atoms with Gasteiger partial charge in [-0.25, -0.2) is 8.42 Å². The molecule has 0 aromatic heterocycles. The largest absolute Gasteiger partial charge is 0.411 e. The van der Waals surface area contributed by atoms with Crippen molar-refractivity contribution in [2.75, 3.05) is 5.75 Å². The highest BCUT2D eigenvalue weighted by Gasteiger charge is 2.34. The van der Waals surface area contributed by atoms with Crippen molar-refractivity contribution in [1.29, 1.82) is 0 Å². The normalized spacial score (nSPS) is 20.5. The van der Waals surface area contributed by atoms with E-state index in [9.17, 15) is 8.42 Å². The van der Waals surface area contributed by atoms with E-state index in [1.807, 2.05) is 0 Å². The number of hydrogen-bond donors (Lipinski definition) is 1. The Balaban J connectivity index is 2.88. The van der Waals surface area contributed by atoms with Crippen LogP contribution in [0.4, 0.5) is 0 Å². The van der Waals surface area contributed by atoms with Crippen LogP contribution < -0.4 is 0 Å². The Bertz CT molecular complexity index is 563. The number of sulfone groups is 1. The second kappa shape index (κ2) is 3.21. The van der Waals surface area contributed by atoms with Gasteiger partial charge in [-0.05, 0) is 18.6 Å². The molecule has 0 aliphatic carbocycles. The summed E-state index contributed by atoms with van der Waals surface area (Å²) in [6.45, 7) is 1.64. The molecular formula is C9H8ClNO3S. The third-order valence-corrected chi connectivity index (χ3v) is 4.62. The third-order valence-electron chi connectivity index (χ3n) is 2.41. The lowest BCUT2D eigenvalue weighted by atomic mass is 10.1. The molecule has 6 heteroatoms. The zero-order valence-electron chi connectivity index (χ0n) is 7.86. The molecule has 0 saturated carbocycles. The lowest BCUT2D eigenvalue weighted by Gasteiger charge is -2.03. The van der Waals surface area contributed by atoms with Crippen LogP contribution in [0.15, 0.2) is 22.2 Å². The number of rotatable bonds is 0. The minimum absolute atomic E-state index is 0.171. The van der Waals surface area contributed by atoms with Crippen LogP contribution in [0.3, 0.4) is 0 Å². The maximum absolute atomic E-state index is 11.7. The van der Waals surface area contributed by atoms with Gasteiger partial charge >= 0.3 is 0 Å². The van der Waals surface area contributed by atoms with E-state index in [0.717, 1.165) is 0 Å². The van der Waals surface area contributed by atoms with Crippen LogP contribution in [0.25, 0.3) is 0 Å². The lowest BCUT2D eigenvalue weighted by molar-refractivity contribution is 0.319. The summed E-state index contributed by atoms with van der Waals surface area (Å²) in [6.07, 6.45) is 0. The summed E-state index contributed by atoms with van der Waals surface area (Å²) in [5.41, 5.74) is 1.12. The van der Waals surface area contributed by atoms with Crippen molar-refractivity contribution in [2.24, 2.45) is 5.16 Å². The molecule has 1 aromatic carbocycles. The topological polar surface area (TPSA) is 66.7 Å². The molecule has 2 rings (SSSR count). The predicted molar refractivity (Wildman–Crippen MR) is 56.6 cm³/mol. The number of hydrogen-bond acceptors (Lipinski definition) is 4. The van der Waals surface area contributed by atoms with Gasteiger partial charge in [0.1, 0.15) is 11.5 Å². The Hall–Kier alpha value is -1.07. The SMILES string of the molecule is Cc1c(Cl)ccc2c1S(=O)(=O)CC2=NO.